The molecule has 1 aromatic carbocycles. The minimum absolute atomic E-state index is 0.000441. The van der Waals surface area contributed by atoms with Crippen molar-refractivity contribution >= 4 is 34.7 Å². The maximum Gasteiger partial charge on any atom is 0.228 e. The van der Waals surface area contributed by atoms with Crippen molar-refractivity contribution in [3.63, 3.8) is 0 Å². The van der Waals surface area contributed by atoms with Crippen LogP contribution in [0.1, 0.15) is 49.2 Å². The van der Waals surface area contributed by atoms with Crippen molar-refractivity contribution in [3.05, 3.63) is 69.1 Å². The number of amides is 1. The molecule has 138 valence electrons. The van der Waals surface area contributed by atoms with E-state index < -0.39 is 0 Å². The molecule has 0 bridgehead atoms. The Balaban J connectivity index is 1.74. The molecule has 0 saturated heterocycles. The summed E-state index contributed by atoms with van der Waals surface area (Å²) in [6.45, 7) is 3.77. The number of nitrogens with zero attached hydrogens (tertiary/aromatic N) is 1. The highest BCUT2D eigenvalue weighted by Crippen LogP contribution is 2.39. The first-order valence-corrected chi connectivity index (χ1v) is 10.4. The third-order valence-corrected chi connectivity index (χ3v) is 5.93. The van der Waals surface area contributed by atoms with Gasteiger partial charge in [0.15, 0.2) is 0 Å². The van der Waals surface area contributed by atoms with Gasteiger partial charge in [0.1, 0.15) is 10.8 Å². The summed E-state index contributed by atoms with van der Waals surface area (Å²) < 4.78 is 0. The van der Waals surface area contributed by atoms with Gasteiger partial charge >= 0.3 is 0 Å². The molecule has 1 heterocycles. The number of thiazole rings is 1. The van der Waals surface area contributed by atoms with E-state index in [0.29, 0.717) is 5.82 Å². The molecule has 2 aliphatic carbocycles. The monoisotopic (exact) mass is 376 g/mol. The zero-order valence-electron chi connectivity index (χ0n) is 15.8. The number of hydrogen-bond donors (Lipinski definition) is 1. The van der Waals surface area contributed by atoms with Gasteiger partial charge in [-0.05, 0) is 54.0 Å². The van der Waals surface area contributed by atoms with Crippen LogP contribution in [0.3, 0.4) is 0 Å². The molecule has 0 atom stereocenters. The summed E-state index contributed by atoms with van der Waals surface area (Å²) in [6.07, 6.45) is 11.2. The number of carbonyl (C=O) groups excluding carboxylic acids is 1. The fraction of sp³-hybridized carbons (Fsp3) is 0.304. The van der Waals surface area contributed by atoms with Gasteiger partial charge in [-0.1, -0.05) is 55.8 Å². The molecule has 0 radical (unpaired) electrons. The van der Waals surface area contributed by atoms with Crippen LogP contribution in [0.4, 0.5) is 5.82 Å². The van der Waals surface area contributed by atoms with Crippen molar-refractivity contribution in [3.8, 4) is 0 Å². The molecule has 2 aliphatic rings. The van der Waals surface area contributed by atoms with Crippen molar-refractivity contribution in [1.82, 2.24) is 4.98 Å². The molecule has 2 aromatic rings. The molecule has 1 aromatic heterocycles. The van der Waals surface area contributed by atoms with Gasteiger partial charge in [-0.2, -0.15) is 0 Å². The van der Waals surface area contributed by atoms with Crippen molar-refractivity contribution in [2.75, 3.05) is 5.32 Å². The summed E-state index contributed by atoms with van der Waals surface area (Å²) >= 11 is 1.57. The SMILES string of the molecule is CC(C)C(=O)Nc1csc(/C=C2/C3=C(CCC=C3)CCc3ccccc32)n1. The topological polar surface area (TPSA) is 42.0 Å². The zero-order chi connectivity index (χ0) is 18.8. The van der Waals surface area contributed by atoms with E-state index in [1.54, 1.807) is 16.9 Å². The predicted octanol–water partition coefficient (Wildman–Crippen LogP) is 5.87. The van der Waals surface area contributed by atoms with E-state index in [1.165, 1.54) is 22.3 Å². The van der Waals surface area contributed by atoms with Crippen LogP contribution in [0, 0.1) is 5.92 Å². The number of carbonyl (C=O) groups is 1. The Morgan fingerprint density at radius 2 is 2.07 bits per heavy atom. The highest BCUT2D eigenvalue weighted by atomic mass is 32.1. The molecule has 1 N–H and O–H groups in total. The van der Waals surface area contributed by atoms with E-state index in [0.717, 1.165) is 30.7 Å². The number of rotatable bonds is 3. The fourth-order valence-corrected chi connectivity index (χ4v) is 4.32. The summed E-state index contributed by atoms with van der Waals surface area (Å²) in [4.78, 5) is 16.6. The average Bonchev–Trinajstić information content (AvgIpc) is 3.05. The first-order chi connectivity index (χ1) is 13.1. The van der Waals surface area contributed by atoms with E-state index >= 15 is 0 Å². The third kappa shape index (κ3) is 3.81. The summed E-state index contributed by atoms with van der Waals surface area (Å²) in [5.74, 6) is 0.586. The molecule has 0 saturated carbocycles. The Kier molecular flexibility index (Phi) is 5.08. The Bertz CT molecular complexity index is 962. The van der Waals surface area contributed by atoms with Crippen molar-refractivity contribution < 1.29 is 4.79 Å². The number of anilines is 1. The molecular weight excluding hydrogens is 352 g/mol. The quantitative estimate of drug-likeness (QED) is 0.728. The summed E-state index contributed by atoms with van der Waals surface area (Å²) in [5.41, 5.74) is 6.86. The number of fused-ring (bicyclic) bond motifs is 1. The van der Waals surface area contributed by atoms with Gasteiger partial charge in [0.2, 0.25) is 5.91 Å². The smallest absolute Gasteiger partial charge is 0.228 e. The molecule has 1 amide bonds. The summed E-state index contributed by atoms with van der Waals surface area (Å²) in [7, 11) is 0. The predicted molar refractivity (Wildman–Crippen MR) is 114 cm³/mol. The number of aryl methyl sites for hydroxylation is 1. The second-order valence-corrected chi connectivity index (χ2v) is 8.28. The van der Waals surface area contributed by atoms with Crippen LogP contribution in [0.25, 0.3) is 11.6 Å². The molecule has 4 rings (SSSR count). The maximum absolute atomic E-state index is 11.9. The van der Waals surface area contributed by atoms with Gasteiger partial charge in [-0.25, -0.2) is 4.98 Å². The Morgan fingerprint density at radius 1 is 1.22 bits per heavy atom. The summed E-state index contributed by atoms with van der Waals surface area (Å²) in [5, 5.41) is 5.73. The van der Waals surface area contributed by atoms with Gasteiger partial charge in [0.25, 0.3) is 0 Å². The Hall–Kier alpha value is -2.46. The normalized spacial score (nSPS) is 17.7. The number of allylic oxidation sites excluding steroid dienone is 5. The Labute approximate surface area is 164 Å². The molecular formula is C23H24N2OS. The molecule has 3 nitrogen and oxygen atoms in total. The first kappa shape index (κ1) is 17.9. The van der Waals surface area contributed by atoms with Crippen LogP contribution >= 0.6 is 11.3 Å². The van der Waals surface area contributed by atoms with Crippen LogP contribution in [0.5, 0.6) is 0 Å². The molecule has 27 heavy (non-hydrogen) atoms. The molecule has 0 spiro atoms. The van der Waals surface area contributed by atoms with Crippen molar-refractivity contribution in [2.24, 2.45) is 5.92 Å². The zero-order valence-corrected chi connectivity index (χ0v) is 16.6. The molecule has 0 fully saturated rings. The van der Waals surface area contributed by atoms with E-state index in [9.17, 15) is 4.79 Å². The lowest BCUT2D eigenvalue weighted by Crippen LogP contribution is -2.17. The van der Waals surface area contributed by atoms with Gasteiger partial charge in [0.05, 0.1) is 0 Å². The second kappa shape index (κ2) is 7.65. The maximum atomic E-state index is 11.9. The van der Waals surface area contributed by atoms with E-state index in [1.807, 2.05) is 19.2 Å². The third-order valence-electron chi connectivity index (χ3n) is 5.14. The molecule has 0 unspecified atom stereocenters. The number of nitrogens with one attached hydrogen (secondary N) is 1. The van der Waals surface area contributed by atoms with Gasteiger partial charge in [-0.15, -0.1) is 11.3 Å². The van der Waals surface area contributed by atoms with Gasteiger partial charge < -0.3 is 5.32 Å². The number of benzene rings is 1. The lowest BCUT2D eigenvalue weighted by atomic mass is 9.89. The average molecular weight is 377 g/mol. The fourth-order valence-electron chi connectivity index (χ4n) is 3.64. The van der Waals surface area contributed by atoms with E-state index in [-0.39, 0.29) is 11.8 Å². The van der Waals surface area contributed by atoms with Gasteiger partial charge in [0, 0.05) is 11.3 Å². The summed E-state index contributed by atoms with van der Waals surface area (Å²) in [6, 6.07) is 8.69. The number of hydrogen-bond acceptors (Lipinski definition) is 3. The van der Waals surface area contributed by atoms with E-state index in [4.69, 9.17) is 0 Å². The minimum atomic E-state index is -0.0534. The highest BCUT2D eigenvalue weighted by molar-refractivity contribution is 7.11. The van der Waals surface area contributed by atoms with Crippen LogP contribution in [-0.4, -0.2) is 10.9 Å². The van der Waals surface area contributed by atoms with Crippen LogP contribution in [-0.2, 0) is 11.2 Å². The van der Waals surface area contributed by atoms with Crippen LogP contribution < -0.4 is 5.32 Å². The van der Waals surface area contributed by atoms with E-state index in [2.05, 4.69) is 52.8 Å². The lowest BCUT2D eigenvalue weighted by molar-refractivity contribution is -0.118. The molecule has 0 aliphatic heterocycles. The Morgan fingerprint density at radius 3 is 2.93 bits per heavy atom. The minimum Gasteiger partial charge on any atom is -0.310 e. The molecule has 4 heteroatoms. The lowest BCUT2D eigenvalue weighted by Gasteiger charge is -2.16. The van der Waals surface area contributed by atoms with Crippen molar-refractivity contribution in [1.29, 1.82) is 0 Å². The second-order valence-electron chi connectivity index (χ2n) is 7.39. The van der Waals surface area contributed by atoms with Gasteiger partial charge in [-0.3, -0.25) is 4.79 Å². The van der Waals surface area contributed by atoms with Crippen LogP contribution in [0.15, 0.2) is 52.9 Å². The largest absolute Gasteiger partial charge is 0.310 e. The first-order valence-electron chi connectivity index (χ1n) is 9.57. The number of aromatic nitrogens is 1. The standard InChI is InChI=1S/C23H24N2OS/c1-15(2)23(26)25-21-14-27-22(24-21)13-20-18-9-5-3-7-16(18)11-12-17-8-4-6-10-19(17)20/h3,5-7,9-10,13-15H,4,8,11-12H2,1-2H3,(H,25,26)/b20-13+. The van der Waals surface area contributed by atoms with Crippen LogP contribution in [0.2, 0.25) is 0 Å². The van der Waals surface area contributed by atoms with Crippen molar-refractivity contribution in [2.45, 2.75) is 39.5 Å². The highest BCUT2D eigenvalue weighted by Gasteiger charge is 2.21.